The molecule has 1 aliphatic carbocycles. The number of allylic oxidation sites excluding steroid dienone is 2. The number of carbonyl (C=O) groups excluding carboxylic acids is 1. The Hall–Kier alpha value is -1.97. The average molecular weight is 327 g/mol. The Kier molecular flexibility index (Phi) is 4.46. The molecule has 1 fully saturated rings. The summed E-state index contributed by atoms with van der Waals surface area (Å²) in [6.07, 6.45) is 10.3. The lowest BCUT2D eigenvalue weighted by molar-refractivity contribution is -0.132. The molecular formula is C20H25NO3. The van der Waals surface area contributed by atoms with Gasteiger partial charge >= 0.3 is 0 Å². The van der Waals surface area contributed by atoms with Crippen molar-refractivity contribution in [2.45, 2.75) is 44.6 Å². The zero-order valence-electron chi connectivity index (χ0n) is 14.1. The summed E-state index contributed by atoms with van der Waals surface area (Å²) in [5, 5.41) is 0. The summed E-state index contributed by atoms with van der Waals surface area (Å²) in [5.74, 6) is 2.37. The van der Waals surface area contributed by atoms with Gasteiger partial charge in [0.05, 0.1) is 19.3 Å². The molecule has 1 amide bonds. The summed E-state index contributed by atoms with van der Waals surface area (Å²) in [7, 11) is 0. The minimum Gasteiger partial charge on any atom is -0.490 e. The van der Waals surface area contributed by atoms with Crippen LogP contribution in [-0.4, -0.2) is 30.6 Å². The summed E-state index contributed by atoms with van der Waals surface area (Å²) in [6.45, 7) is 2.27. The summed E-state index contributed by atoms with van der Waals surface area (Å²) in [4.78, 5) is 14.8. The number of ether oxygens (including phenoxy) is 2. The Morgan fingerprint density at radius 3 is 2.83 bits per heavy atom. The smallest absolute Gasteiger partial charge is 0.223 e. The molecule has 1 saturated heterocycles. The zero-order chi connectivity index (χ0) is 16.4. The molecule has 128 valence electrons. The monoisotopic (exact) mass is 327 g/mol. The number of benzene rings is 1. The highest BCUT2D eigenvalue weighted by molar-refractivity contribution is 5.77. The predicted octanol–water partition coefficient (Wildman–Crippen LogP) is 3.87. The Morgan fingerprint density at radius 1 is 1.12 bits per heavy atom. The molecule has 2 atom stereocenters. The number of fused-ring (bicyclic) bond motifs is 1. The van der Waals surface area contributed by atoms with Gasteiger partial charge in [-0.2, -0.15) is 0 Å². The molecule has 1 aromatic carbocycles. The van der Waals surface area contributed by atoms with E-state index in [1.807, 2.05) is 6.07 Å². The van der Waals surface area contributed by atoms with Gasteiger partial charge < -0.3 is 14.4 Å². The number of amides is 1. The number of hydrogen-bond donors (Lipinski definition) is 0. The molecule has 4 rings (SSSR count). The van der Waals surface area contributed by atoms with Crippen LogP contribution in [0.3, 0.4) is 0 Å². The molecule has 4 nitrogen and oxygen atoms in total. The van der Waals surface area contributed by atoms with Gasteiger partial charge in [0.15, 0.2) is 11.5 Å². The van der Waals surface area contributed by atoms with Crippen LogP contribution in [0.15, 0.2) is 30.4 Å². The number of rotatable bonds is 3. The maximum absolute atomic E-state index is 12.8. The molecule has 4 heteroatoms. The minimum atomic E-state index is 0.181. The lowest BCUT2D eigenvalue weighted by Gasteiger charge is -2.26. The molecule has 0 N–H and O–H groups in total. The van der Waals surface area contributed by atoms with E-state index < -0.39 is 0 Å². The number of carbonyl (C=O) groups is 1. The highest BCUT2D eigenvalue weighted by Gasteiger charge is 2.31. The van der Waals surface area contributed by atoms with Crippen LogP contribution in [0, 0.1) is 5.92 Å². The van der Waals surface area contributed by atoms with E-state index in [1.54, 1.807) is 0 Å². The highest BCUT2D eigenvalue weighted by Crippen LogP contribution is 2.38. The molecule has 0 bridgehead atoms. The Balaban J connectivity index is 1.50. The predicted molar refractivity (Wildman–Crippen MR) is 92.2 cm³/mol. The van der Waals surface area contributed by atoms with E-state index in [-0.39, 0.29) is 6.04 Å². The minimum absolute atomic E-state index is 0.181. The van der Waals surface area contributed by atoms with Gasteiger partial charge in [-0.15, -0.1) is 0 Å². The molecule has 2 heterocycles. The van der Waals surface area contributed by atoms with Crippen LogP contribution in [-0.2, 0) is 4.79 Å². The largest absolute Gasteiger partial charge is 0.490 e. The third kappa shape index (κ3) is 3.14. The molecule has 0 radical (unpaired) electrons. The van der Waals surface area contributed by atoms with Crippen molar-refractivity contribution in [1.29, 1.82) is 0 Å². The van der Waals surface area contributed by atoms with Crippen LogP contribution < -0.4 is 9.47 Å². The maximum atomic E-state index is 12.8. The van der Waals surface area contributed by atoms with Crippen molar-refractivity contribution in [3.63, 3.8) is 0 Å². The van der Waals surface area contributed by atoms with Crippen molar-refractivity contribution in [2.24, 2.45) is 5.92 Å². The van der Waals surface area contributed by atoms with Crippen LogP contribution in [0.2, 0.25) is 0 Å². The van der Waals surface area contributed by atoms with E-state index in [0.29, 0.717) is 31.5 Å². The van der Waals surface area contributed by atoms with Crippen molar-refractivity contribution in [3.8, 4) is 11.5 Å². The second-order valence-electron chi connectivity index (χ2n) is 6.97. The Morgan fingerprint density at radius 2 is 2.00 bits per heavy atom. The van der Waals surface area contributed by atoms with Crippen LogP contribution in [0.1, 0.15) is 50.1 Å². The summed E-state index contributed by atoms with van der Waals surface area (Å²) >= 11 is 0. The summed E-state index contributed by atoms with van der Waals surface area (Å²) in [5.41, 5.74) is 1.17. The fourth-order valence-corrected chi connectivity index (χ4v) is 4.01. The fourth-order valence-electron chi connectivity index (χ4n) is 4.01. The molecule has 24 heavy (non-hydrogen) atoms. The third-order valence-corrected chi connectivity index (χ3v) is 5.28. The third-order valence-electron chi connectivity index (χ3n) is 5.28. The van der Waals surface area contributed by atoms with Gasteiger partial charge in [-0.1, -0.05) is 18.2 Å². The molecule has 0 unspecified atom stereocenters. The van der Waals surface area contributed by atoms with Gasteiger partial charge in [-0.3, -0.25) is 4.79 Å². The van der Waals surface area contributed by atoms with E-state index >= 15 is 0 Å². The fraction of sp³-hybridized carbons (Fsp3) is 0.550. The van der Waals surface area contributed by atoms with Gasteiger partial charge in [0.1, 0.15) is 0 Å². The first-order valence-electron chi connectivity index (χ1n) is 9.17. The standard InChI is InChI=1S/C20H25NO3/c22-20(13-15-5-1-2-6-15)21-10-3-7-17(21)16-8-9-18-19(14-16)24-12-4-11-23-18/h1,5,8-9,14-15,17H,2-4,6-7,10-13H2/t15-,17-/m1/s1. The quantitative estimate of drug-likeness (QED) is 0.791. The van der Waals surface area contributed by atoms with Crippen molar-refractivity contribution >= 4 is 5.91 Å². The summed E-state index contributed by atoms with van der Waals surface area (Å²) in [6, 6.07) is 6.35. The lowest BCUT2D eigenvalue weighted by Crippen LogP contribution is -2.31. The van der Waals surface area contributed by atoms with Crippen molar-refractivity contribution in [1.82, 2.24) is 4.90 Å². The molecule has 0 aromatic heterocycles. The second kappa shape index (κ2) is 6.88. The first-order valence-corrected chi connectivity index (χ1v) is 9.17. The molecule has 0 saturated carbocycles. The number of likely N-dealkylation sites (tertiary alicyclic amines) is 1. The van der Waals surface area contributed by atoms with E-state index in [0.717, 1.165) is 50.1 Å². The topological polar surface area (TPSA) is 38.8 Å². The molecule has 2 aliphatic heterocycles. The first-order chi connectivity index (χ1) is 11.8. The van der Waals surface area contributed by atoms with Crippen LogP contribution in [0.4, 0.5) is 0 Å². The van der Waals surface area contributed by atoms with E-state index in [9.17, 15) is 4.79 Å². The molecule has 0 spiro atoms. The van der Waals surface area contributed by atoms with E-state index in [1.165, 1.54) is 5.56 Å². The van der Waals surface area contributed by atoms with Crippen molar-refractivity contribution in [3.05, 3.63) is 35.9 Å². The average Bonchev–Trinajstić information content (AvgIpc) is 3.22. The second-order valence-corrected chi connectivity index (χ2v) is 6.97. The van der Waals surface area contributed by atoms with E-state index in [4.69, 9.17) is 9.47 Å². The van der Waals surface area contributed by atoms with Crippen molar-refractivity contribution in [2.75, 3.05) is 19.8 Å². The maximum Gasteiger partial charge on any atom is 0.223 e. The van der Waals surface area contributed by atoms with E-state index in [2.05, 4.69) is 29.2 Å². The number of nitrogens with zero attached hydrogens (tertiary/aromatic N) is 1. The zero-order valence-corrected chi connectivity index (χ0v) is 14.1. The normalized spacial score (nSPS) is 25.8. The SMILES string of the molecule is O=C(C[C@@H]1C=CCC1)N1CCC[C@@H]1c1ccc2c(c1)OCCCO2. The van der Waals surface area contributed by atoms with Crippen LogP contribution >= 0.6 is 0 Å². The summed E-state index contributed by atoms with van der Waals surface area (Å²) < 4.78 is 11.5. The van der Waals surface area contributed by atoms with Gasteiger partial charge in [-0.05, 0) is 49.3 Å². The van der Waals surface area contributed by atoms with Gasteiger partial charge in [0, 0.05) is 19.4 Å². The Labute approximate surface area is 143 Å². The van der Waals surface area contributed by atoms with Gasteiger partial charge in [0.2, 0.25) is 5.91 Å². The molecule has 1 aromatic rings. The molecular weight excluding hydrogens is 302 g/mol. The van der Waals surface area contributed by atoms with Gasteiger partial charge in [0.25, 0.3) is 0 Å². The van der Waals surface area contributed by atoms with Crippen LogP contribution in [0.25, 0.3) is 0 Å². The first kappa shape index (κ1) is 15.6. The molecule has 3 aliphatic rings. The van der Waals surface area contributed by atoms with Crippen LogP contribution in [0.5, 0.6) is 11.5 Å². The van der Waals surface area contributed by atoms with Gasteiger partial charge in [-0.25, -0.2) is 0 Å². The lowest BCUT2D eigenvalue weighted by atomic mass is 10.0. The highest BCUT2D eigenvalue weighted by atomic mass is 16.5. The Bertz CT molecular complexity index is 640. The van der Waals surface area contributed by atoms with Crippen molar-refractivity contribution < 1.29 is 14.3 Å². The number of hydrogen-bond acceptors (Lipinski definition) is 3.